The zero-order valence-corrected chi connectivity index (χ0v) is 14.6. The molecule has 0 aliphatic heterocycles. The predicted octanol–water partition coefficient (Wildman–Crippen LogP) is 3.39. The molecule has 3 aromatic rings. The van der Waals surface area contributed by atoms with Crippen LogP contribution in [0.5, 0.6) is 5.75 Å². The van der Waals surface area contributed by atoms with E-state index in [4.69, 9.17) is 11.6 Å². The summed E-state index contributed by atoms with van der Waals surface area (Å²) in [6.45, 7) is -1.36. The second-order valence-corrected chi connectivity index (χ2v) is 7.70. The minimum Gasteiger partial charge on any atom is -0.433 e. The van der Waals surface area contributed by atoms with Gasteiger partial charge < -0.3 is 4.74 Å². The number of aryl methyl sites for hydroxylation is 1. The standard InChI is InChI=1S/C15H12ClF2N3O3S/c1-8-10-7-19-14(16)6-11(10)21(20-8)12-5-9(25(2,22)23)3-4-13(12)24-15(17)18/h3-7,15H,1-2H3. The average molecular weight is 388 g/mol. The molecule has 2 aromatic heterocycles. The van der Waals surface area contributed by atoms with Crippen LogP contribution in [0, 0.1) is 6.92 Å². The first kappa shape index (κ1) is 17.6. The molecule has 0 radical (unpaired) electrons. The summed E-state index contributed by atoms with van der Waals surface area (Å²) in [5.74, 6) is -0.209. The minimum atomic E-state index is -3.56. The quantitative estimate of drug-likeness (QED) is 0.641. The van der Waals surface area contributed by atoms with Crippen molar-refractivity contribution in [1.82, 2.24) is 14.8 Å². The van der Waals surface area contributed by atoms with Gasteiger partial charge in [-0.15, -0.1) is 0 Å². The first-order chi connectivity index (χ1) is 11.7. The summed E-state index contributed by atoms with van der Waals surface area (Å²) in [6.07, 6.45) is 2.53. The van der Waals surface area contributed by atoms with Crippen LogP contribution >= 0.6 is 11.6 Å². The molecular weight excluding hydrogens is 376 g/mol. The van der Waals surface area contributed by atoms with Crippen LogP contribution in [0.4, 0.5) is 8.78 Å². The molecule has 1 aromatic carbocycles. The van der Waals surface area contributed by atoms with E-state index in [1.165, 1.54) is 35.1 Å². The second-order valence-electron chi connectivity index (χ2n) is 5.30. The molecule has 25 heavy (non-hydrogen) atoms. The first-order valence-electron chi connectivity index (χ1n) is 6.97. The lowest BCUT2D eigenvalue weighted by atomic mass is 10.2. The number of benzene rings is 1. The van der Waals surface area contributed by atoms with Gasteiger partial charge in [0.15, 0.2) is 15.6 Å². The molecule has 0 N–H and O–H groups in total. The Balaban J connectivity index is 2.33. The Morgan fingerprint density at radius 1 is 1.28 bits per heavy atom. The lowest BCUT2D eigenvalue weighted by Gasteiger charge is -2.13. The van der Waals surface area contributed by atoms with Gasteiger partial charge in [-0.2, -0.15) is 13.9 Å². The molecular formula is C15H12ClF2N3O3S. The molecule has 0 fully saturated rings. The lowest BCUT2D eigenvalue weighted by molar-refractivity contribution is -0.0499. The van der Waals surface area contributed by atoms with E-state index >= 15 is 0 Å². The molecule has 0 unspecified atom stereocenters. The van der Waals surface area contributed by atoms with Crippen molar-refractivity contribution in [2.75, 3.05) is 6.26 Å². The Kier molecular flexibility index (Phi) is 4.38. The summed E-state index contributed by atoms with van der Waals surface area (Å²) in [6, 6.07) is 5.11. The Morgan fingerprint density at radius 2 is 2.00 bits per heavy atom. The number of hydrogen-bond acceptors (Lipinski definition) is 5. The molecule has 0 bridgehead atoms. The van der Waals surface area contributed by atoms with Gasteiger partial charge in [-0.3, -0.25) is 0 Å². The number of aromatic nitrogens is 3. The van der Waals surface area contributed by atoms with Crippen molar-refractivity contribution in [3.05, 3.63) is 41.3 Å². The van der Waals surface area contributed by atoms with Crippen molar-refractivity contribution < 1.29 is 21.9 Å². The molecule has 0 saturated carbocycles. The van der Waals surface area contributed by atoms with Gasteiger partial charge in [-0.05, 0) is 25.1 Å². The number of sulfone groups is 1. The largest absolute Gasteiger partial charge is 0.433 e. The maximum absolute atomic E-state index is 12.7. The van der Waals surface area contributed by atoms with Gasteiger partial charge >= 0.3 is 6.61 Å². The highest BCUT2D eigenvalue weighted by Gasteiger charge is 2.19. The number of alkyl halides is 2. The summed E-state index contributed by atoms with van der Waals surface area (Å²) in [5.41, 5.74) is 1.12. The smallest absolute Gasteiger partial charge is 0.387 e. The van der Waals surface area contributed by atoms with E-state index in [1.54, 1.807) is 6.92 Å². The van der Waals surface area contributed by atoms with E-state index in [0.717, 1.165) is 6.26 Å². The Hall–Kier alpha value is -2.26. The summed E-state index contributed by atoms with van der Waals surface area (Å²) >= 11 is 5.92. The van der Waals surface area contributed by atoms with Gasteiger partial charge in [-0.1, -0.05) is 11.6 Å². The maximum Gasteiger partial charge on any atom is 0.387 e. The summed E-state index contributed by atoms with van der Waals surface area (Å²) in [5, 5.41) is 5.13. The van der Waals surface area contributed by atoms with Crippen LogP contribution in [0.2, 0.25) is 5.15 Å². The van der Waals surface area contributed by atoms with E-state index < -0.39 is 16.4 Å². The highest BCUT2D eigenvalue weighted by atomic mass is 35.5. The summed E-state index contributed by atoms with van der Waals surface area (Å²) < 4.78 is 54.9. The number of rotatable bonds is 4. The van der Waals surface area contributed by atoms with Crippen LogP contribution in [0.3, 0.4) is 0 Å². The van der Waals surface area contributed by atoms with Crippen LogP contribution in [0.15, 0.2) is 35.4 Å². The number of fused-ring (bicyclic) bond motifs is 1. The number of ether oxygens (including phenoxy) is 1. The van der Waals surface area contributed by atoms with Crippen LogP contribution in [0.1, 0.15) is 5.69 Å². The van der Waals surface area contributed by atoms with Crippen molar-refractivity contribution >= 4 is 32.3 Å². The second kappa shape index (κ2) is 6.23. The van der Waals surface area contributed by atoms with Crippen molar-refractivity contribution in [3.63, 3.8) is 0 Å². The van der Waals surface area contributed by atoms with Gasteiger partial charge in [0, 0.05) is 23.9 Å². The molecule has 0 aliphatic rings. The van der Waals surface area contributed by atoms with Crippen LogP contribution < -0.4 is 4.74 Å². The Bertz CT molecular complexity index is 1070. The highest BCUT2D eigenvalue weighted by Crippen LogP contribution is 2.31. The summed E-state index contributed by atoms with van der Waals surface area (Å²) in [4.78, 5) is 3.92. The van der Waals surface area contributed by atoms with Gasteiger partial charge in [0.2, 0.25) is 0 Å². The van der Waals surface area contributed by atoms with Crippen molar-refractivity contribution in [2.24, 2.45) is 0 Å². The molecule has 0 saturated heterocycles. The SMILES string of the molecule is Cc1nn(-c2cc(S(C)(=O)=O)ccc2OC(F)F)c2cc(Cl)ncc12. The first-order valence-corrected chi connectivity index (χ1v) is 9.24. The van der Waals surface area contributed by atoms with Crippen LogP contribution in [0.25, 0.3) is 16.6 Å². The fraction of sp³-hybridized carbons (Fsp3) is 0.200. The van der Waals surface area contributed by atoms with Crippen molar-refractivity contribution in [1.29, 1.82) is 0 Å². The van der Waals surface area contributed by atoms with Crippen LogP contribution in [-0.4, -0.2) is 36.0 Å². The predicted molar refractivity (Wildman–Crippen MR) is 88.4 cm³/mol. The van der Waals surface area contributed by atoms with Gasteiger partial charge in [-0.25, -0.2) is 18.1 Å². The van der Waals surface area contributed by atoms with E-state index in [1.807, 2.05) is 0 Å². The minimum absolute atomic E-state index is 0.0504. The van der Waals surface area contributed by atoms with E-state index in [9.17, 15) is 17.2 Å². The number of pyridine rings is 1. The third kappa shape index (κ3) is 3.42. The molecule has 0 spiro atoms. The van der Waals surface area contributed by atoms with E-state index in [2.05, 4.69) is 14.8 Å². The number of hydrogen-bond donors (Lipinski definition) is 0. The number of halogens is 3. The molecule has 10 heteroatoms. The third-order valence-corrected chi connectivity index (χ3v) is 4.84. The maximum atomic E-state index is 12.7. The van der Waals surface area contributed by atoms with Crippen molar-refractivity contribution in [2.45, 2.75) is 18.4 Å². The lowest BCUT2D eigenvalue weighted by Crippen LogP contribution is -2.08. The zero-order chi connectivity index (χ0) is 18.4. The normalized spacial score (nSPS) is 12.1. The Labute approximate surface area is 146 Å². The van der Waals surface area contributed by atoms with E-state index in [-0.39, 0.29) is 21.5 Å². The molecule has 6 nitrogen and oxygen atoms in total. The van der Waals surface area contributed by atoms with Crippen LogP contribution in [-0.2, 0) is 9.84 Å². The molecule has 0 atom stereocenters. The monoisotopic (exact) mass is 387 g/mol. The van der Waals surface area contributed by atoms with Gasteiger partial charge in [0.1, 0.15) is 10.8 Å². The Morgan fingerprint density at radius 3 is 2.64 bits per heavy atom. The fourth-order valence-electron chi connectivity index (χ4n) is 2.40. The van der Waals surface area contributed by atoms with Gasteiger partial charge in [0.25, 0.3) is 0 Å². The van der Waals surface area contributed by atoms with Gasteiger partial charge in [0.05, 0.1) is 16.1 Å². The highest BCUT2D eigenvalue weighted by molar-refractivity contribution is 7.90. The summed E-state index contributed by atoms with van der Waals surface area (Å²) in [7, 11) is -3.56. The zero-order valence-electron chi connectivity index (χ0n) is 13.1. The molecule has 0 amide bonds. The fourth-order valence-corrected chi connectivity index (χ4v) is 3.20. The molecule has 0 aliphatic carbocycles. The van der Waals surface area contributed by atoms with E-state index in [0.29, 0.717) is 16.6 Å². The molecule has 132 valence electrons. The van der Waals surface area contributed by atoms with Crippen molar-refractivity contribution in [3.8, 4) is 11.4 Å². The molecule has 3 rings (SSSR count). The topological polar surface area (TPSA) is 74.1 Å². The number of nitrogens with zero attached hydrogens (tertiary/aromatic N) is 3. The third-order valence-electron chi connectivity index (χ3n) is 3.52. The molecule has 2 heterocycles. The average Bonchev–Trinajstić information content (AvgIpc) is 2.82.